The molecule has 0 radical (unpaired) electrons. The van der Waals surface area contributed by atoms with E-state index in [-0.39, 0.29) is 26.3 Å². The smallest absolute Gasteiger partial charge is 0.668 e. The van der Waals surface area contributed by atoms with Crippen LogP contribution < -0.4 is 0 Å². The zero-order chi connectivity index (χ0) is 22.6. The number of fused-ring (bicyclic) bond motifs is 3. The van der Waals surface area contributed by atoms with E-state index < -0.39 is 11.6 Å². The molecule has 6 heteroatoms. The van der Waals surface area contributed by atoms with Crippen LogP contribution in [-0.2, 0) is 26.5 Å². The fourth-order valence-corrected chi connectivity index (χ4v) is 4.06. The van der Waals surface area contributed by atoms with Gasteiger partial charge in [0.05, 0.1) is 11.6 Å². The van der Waals surface area contributed by atoms with Crippen LogP contribution >= 0.6 is 0 Å². The Hall–Kier alpha value is -3.34. The average molecular weight is 629 g/mol. The molecule has 0 bridgehead atoms. The molecule has 3 heterocycles. The average Bonchev–Trinajstić information content (AvgIpc) is 3.36. The molecule has 0 N–H and O–H groups in total. The minimum absolute atomic E-state index is 0. The molecule has 0 amide bonds. The van der Waals surface area contributed by atoms with E-state index in [4.69, 9.17) is 0 Å². The summed E-state index contributed by atoms with van der Waals surface area (Å²) in [5.41, 5.74) is 5.49. The van der Waals surface area contributed by atoms with E-state index in [1.807, 2.05) is 54.7 Å². The Morgan fingerprint density at radius 3 is 2.65 bits per heavy atom. The fourth-order valence-electron chi connectivity index (χ4n) is 4.06. The van der Waals surface area contributed by atoms with Gasteiger partial charge < -0.3 is 15.2 Å². The zero-order valence-electron chi connectivity index (χ0n) is 18.1. The molecule has 3 nitrogen and oxygen atoms in total. The quantitative estimate of drug-likeness (QED) is 0.232. The summed E-state index contributed by atoms with van der Waals surface area (Å²) in [7, 11) is 0. The van der Waals surface area contributed by atoms with E-state index in [9.17, 15) is 8.78 Å². The van der Waals surface area contributed by atoms with Crippen molar-refractivity contribution in [2.75, 3.05) is 6.54 Å². The Labute approximate surface area is 211 Å². The first-order valence-corrected chi connectivity index (χ1v) is 10.7. The van der Waals surface area contributed by atoms with Crippen molar-refractivity contribution < 1.29 is 28.9 Å². The Bertz CT molecular complexity index is 1290. The Morgan fingerprint density at radius 2 is 1.82 bits per heavy atom. The van der Waals surface area contributed by atoms with Crippen molar-refractivity contribution in [3.05, 3.63) is 132 Å². The second-order valence-corrected chi connectivity index (χ2v) is 7.73. The van der Waals surface area contributed by atoms with Crippen molar-refractivity contribution in [2.24, 2.45) is 0 Å². The van der Waals surface area contributed by atoms with Crippen molar-refractivity contribution in [3.63, 3.8) is 0 Å². The van der Waals surface area contributed by atoms with Gasteiger partial charge in [-0.1, -0.05) is 42.8 Å². The normalized spacial score (nSPS) is 15.2. The van der Waals surface area contributed by atoms with Crippen molar-refractivity contribution in [1.29, 1.82) is 0 Å². The number of rotatable bonds is 2. The molecule has 2 aliphatic heterocycles. The van der Waals surface area contributed by atoms with Crippen LogP contribution in [0.1, 0.15) is 17.3 Å². The van der Waals surface area contributed by atoms with Gasteiger partial charge in [0.15, 0.2) is 0 Å². The molecule has 0 saturated carbocycles. The number of halogens is 2. The molecule has 1 unspecified atom stereocenters. The van der Waals surface area contributed by atoms with Crippen LogP contribution in [0, 0.1) is 23.8 Å². The Morgan fingerprint density at radius 1 is 0.971 bits per heavy atom. The molecule has 4 aromatic rings. The predicted octanol–water partition coefficient (Wildman–Crippen LogP) is 6.69. The van der Waals surface area contributed by atoms with Crippen LogP contribution in [0.4, 0.5) is 8.78 Å². The summed E-state index contributed by atoms with van der Waals surface area (Å²) >= 11 is 0. The van der Waals surface area contributed by atoms with E-state index in [2.05, 4.69) is 45.7 Å². The minimum atomic E-state index is -0.911. The van der Waals surface area contributed by atoms with Gasteiger partial charge in [-0.25, -0.2) is 4.39 Å². The van der Waals surface area contributed by atoms with Crippen LogP contribution in [0.25, 0.3) is 27.7 Å². The van der Waals surface area contributed by atoms with Gasteiger partial charge in [-0.3, -0.25) is 4.39 Å². The summed E-state index contributed by atoms with van der Waals surface area (Å²) in [6.45, 7) is 1.08. The first-order chi connectivity index (χ1) is 16.2. The second kappa shape index (κ2) is 10.7. The standard InChI is InChI=1S/C17H10F2N.C11H10N2.Ir/c18-15-9-8-13(11-16(15)19)17-14(7-4-10-20-17)12-5-2-1-3-6-12;1-2-4-10-9(3-1)5-7-13-8-6-12-11(10)13;/h1-7,9-11H;1-3,6,8,11H,5,7H2;/q-1;-2;+3. The summed E-state index contributed by atoms with van der Waals surface area (Å²) in [6, 6.07) is 27.7. The van der Waals surface area contributed by atoms with Gasteiger partial charge in [0, 0.05) is 12.7 Å². The third-order valence-electron chi connectivity index (χ3n) is 5.68. The number of hydrogen-bond donors (Lipinski definition) is 0. The summed E-state index contributed by atoms with van der Waals surface area (Å²) in [6.07, 6.45) is 6.90. The SMILES string of the molecule is Fc1c[c-]c(-c2ncccc2-c2ccccc2)cc1F.[Ir+3].[c-]1cccc2c1C1[N-]C=CN1CC2. The predicted molar refractivity (Wildman–Crippen MR) is 125 cm³/mol. The molecule has 0 spiro atoms. The van der Waals surface area contributed by atoms with Crippen LogP contribution in [-0.4, -0.2) is 16.4 Å². The van der Waals surface area contributed by atoms with Crippen molar-refractivity contribution >= 4 is 0 Å². The largest absolute Gasteiger partial charge is 3.00 e. The van der Waals surface area contributed by atoms with Crippen LogP contribution in [0.5, 0.6) is 0 Å². The van der Waals surface area contributed by atoms with E-state index in [0.717, 1.165) is 36.2 Å². The molecule has 34 heavy (non-hydrogen) atoms. The molecule has 3 aromatic carbocycles. The van der Waals surface area contributed by atoms with E-state index >= 15 is 0 Å². The topological polar surface area (TPSA) is 30.2 Å². The Kier molecular flexibility index (Phi) is 7.51. The zero-order valence-corrected chi connectivity index (χ0v) is 20.5. The monoisotopic (exact) mass is 629 g/mol. The van der Waals surface area contributed by atoms with Crippen molar-refractivity contribution in [2.45, 2.75) is 12.6 Å². The second-order valence-electron chi connectivity index (χ2n) is 7.73. The summed E-state index contributed by atoms with van der Waals surface area (Å²) < 4.78 is 26.4. The maximum Gasteiger partial charge on any atom is 3.00 e. The molecular weight excluding hydrogens is 609 g/mol. The minimum Gasteiger partial charge on any atom is -0.668 e. The number of nitrogens with zero attached hydrogens (tertiary/aromatic N) is 3. The van der Waals surface area contributed by atoms with Gasteiger partial charge in [-0.05, 0) is 35.3 Å². The maximum absolute atomic E-state index is 13.4. The number of benzene rings is 3. The van der Waals surface area contributed by atoms with Gasteiger partial charge in [0.25, 0.3) is 0 Å². The first kappa shape index (κ1) is 23.8. The van der Waals surface area contributed by atoms with Crippen LogP contribution in [0.15, 0.2) is 91.4 Å². The molecular formula is C28H20F2IrN3. The maximum atomic E-state index is 13.4. The third-order valence-corrected chi connectivity index (χ3v) is 5.68. The summed E-state index contributed by atoms with van der Waals surface area (Å²) in [4.78, 5) is 6.54. The van der Waals surface area contributed by atoms with Crippen LogP contribution in [0.2, 0.25) is 0 Å². The molecule has 170 valence electrons. The fraction of sp³-hybridized carbons (Fsp3) is 0.107. The molecule has 2 aliphatic rings. The van der Waals surface area contributed by atoms with E-state index in [0.29, 0.717) is 11.3 Å². The molecule has 0 aliphatic carbocycles. The van der Waals surface area contributed by atoms with Crippen molar-refractivity contribution in [1.82, 2.24) is 9.88 Å². The third kappa shape index (κ3) is 4.93. The van der Waals surface area contributed by atoms with Gasteiger partial charge >= 0.3 is 20.1 Å². The Balaban J connectivity index is 0.000000169. The molecule has 0 fully saturated rings. The number of pyridine rings is 1. The molecule has 1 atom stereocenters. The van der Waals surface area contributed by atoms with Crippen LogP contribution in [0.3, 0.4) is 0 Å². The van der Waals surface area contributed by atoms with E-state index in [1.165, 1.54) is 11.1 Å². The summed E-state index contributed by atoms with van der Waals surface area (Å²) in [5, 5.41) is 4.41. The van der Waals surface area contributed by atoms with Gasteiger partial charge in [0.2, 0.25) is 0 Å². The molecule has 6 rings (SSSR count). The number of hydrogen-bond acceptors (Lipinski definition) is 2. The summed E-state index contributed by atoms with van der Waals surface area (Å²) in [5.74, 6) is -1.81. The molecule has 0 saturated heterocycles. The van der Waals surface area contributed by atoms with Gasteiger partial charge in [-0.15, -0.1) is 23.8 Å². The van der Waals surface area contributed by atoms with Crippen molar-refractivity contribution in [3.8, 4) is 22.4 Å². The number of aromatic nitrogens is 1. The van der Waals surface area contributed by atoms with E-state index in [1.54, 1.807) is 6.20 Å². The molecule has 1 aromatic heterocycles. The van der Waals surface area contributed by atoms with Gasteiger partial charge in [-0.2, -0.15) is 41.6 Å². The van der Waals surface area contributed by atoms with Gasteiger partial charge in [0.1, 0.15) is 0 Å². The first-order valence-electron chi connectivity index (χ1n) is 10.7.